The Kier molecular flexibility index (Phi) is 3.19. The standard InChI is InChI=1S/C15H24O3/c1-9(2)15(18)12-7-11(16)10(3)5-6-14(12,4)8-13(15)17/h5,9,12-13,17-18H,6-8H2,1-4H3/t12-,13+,14+,15-/m0/s1. The monoisotopic (exact) mass is 252 g/mol. The van der Waals surface area contributed by atoms with Gasteiger partial charge < -0.3 is 10.2 Å². The van der Waals surface area contributed by atoms with Crippen molar-refractivity contribution in [3.05, 3.63) is 11.6 Å². The van der Waals surface area contributed by atoms with E-state index < -0.39 is 11.7 Å². The van der Waals surface area contributed by atoms with Crippen LogP contribution in [0, 0.1) is 17.3 Å². The largest absolute Gasteiger partial charge is 0.390 e. The Morgan fingerprint density at radius 3 is 2.61 bits per heavy atom. The molecule has 0 aromatic carbocycles. The van der Waals surface area contributed by atoms with Gasteiger partial charge in [-0.15, -0.1) is 0 Å². The van der Waals surface area contributed by atoms with Gasteiger partial charge in [-0.1, -0.05) is 26.8 Å². The third-order valence-corrected chi connectivity index (χ3v) is 5.22. The van der Waals surface area contributed by atoms with Crippen LogP contribution in [0.15, 0.2) is 11.6 Å². The minimum absolute atomic E-state index is 0.0504. The van der Waals surface area contributed by atoms with Gasteiger partial charge in [0.2, 0.25) is 0 Å². The Morgan fingerprint density at radius 2 is 2.06 bits per heavy atom. The second kappa shape index (κ2) is 4.17. The fourth-order valence-electron chi connectivity index (χ4n) is 3.81. The van der Waals surface area contributed by atoms with E-state index >= 15 is 0 Å². The van der Waals surface area contributed by atoms with E-state index in [0.717, 1.165) is 12.0 Å². The molecule has 2 rings (SSSR count). The van der Waals surface area contributed by atoms with E-state index in [9.17, 15) is 15.0 Å². The molecule has 0 bridgehead atoms. The lowest BCUT2D eigenvalue weighted by Gasteiger charge is -2.40. The molecule has 0 unspecified atom stereocenters. The first kappa shape index (κ1) is 13.8. The molecule has 1 saturated carbocycles. The lowest BCUT2D eigenvalue weighted by molar-refractivity contribution is -0.133. The maximum atomic E-state index is 12.1. The van der Waals surface area contributed by atoms with E-state index in [1.54, 1.807) is 0 Å². The van der Waals surface area contributed by atoms with Gasteiger partial charge in [-0.25, -0.2) is 0 Å². The first-order chi connectivity index (χ1) is 8.21. The molecule has 0 aliphatic heterocycles. The lowest BCUT2D eigenvalue weighted by Crippen LogP contribution is -2.50. The molecule has 0 aromatic rings. The molecule has 0 spiro atoms. The number of aliphatic hydroxyl groups excluding tert-OH is 1. The highest BCUT2D eigenvalue weighted by Gasteiger charge is 2.60. The van der Waals surface area contributed by atoms with Gasteiger partial charge in [0, 0.05) is 12.3 Å². The summed E-state index contributed by atoms with van der Waals surface area (Å²) in [5.74, 6) is -0.0939. The molecule has 0 amide bonds. The van der Waals surface area contributed by atoms with Crippen LogP contribution in [-0.4, -0.2) is 27.7 Å². The highest BCUT2D eigenvalue weighted by Crippen LogP contribution is 2.56. The van der Waals surface area contributed by atoms with Crippen LogP contribution in [0.1, 0.15) is 47.0 Å². The van der Waals surface area contributed by atoms with E-state index in [4.69, 9.17) is 0 Å². The molecule has 2 aliphatic carbocycles. The first-order valence-corrected chi connectivity index (χ1v) is 6.82. The molecule has 0 radical (unpaired) electrons. The molecule has 4 atom stereocenters. The maximum Gasteiger partial charge on any atom is 0.158 e. The Bertz CT molecular complexity index is 399. The number of aliphatic hydroxyl groups is 2. The topological polar surface area (TPSA) is 57.5 Å². The molecule has 18 heavy (non-hydrogen) atoms. The zero-order valence-electron chi connectivity index (χ0n) is 11.7. The van der Waals surface area contributed by atoms with Crippen LogP contribution in [-0.2, 0) is 4.79 Å². The second-order valence-electron chi connectivity index (χ2n) is 6.69. The zero-order valence-corrected chi connectivity index (χ0v) is 11.7. The molecule has 2 aliphatic rings. The van der Waals surface area contributed by atoms with Gasteiger partial charge in [0.25, 0.3) is 0 Å². The SMILES string of the molecule is CC1=CC[C@]2(C)C[C@@H](O)[C@](O)(C(C)C)[C@H]2CC1=O. The van der Waals surface area contributed by atoms with Crippen molar-refractivity contribution < 1.29 is 15.0 Å². The normalized spacial score (nSPS) is 44.8. The van der Waals surface area contributed by atoms with Crippen LogP contribution in [0.3, 0.4) is 0 Å². The fraction of sp³-hybridized carbons (Fsp3) is 0.800. The summed E-state index contributed by atoms with van der Waals surface area (Å²) in [6, 6.07) is 0. The summed E-state index contributed by atoms with van der Waals surface area (Å²) in [6.45, 7) is 7.77. The number of Topliss-reactive ketones (excluding diaryl/α,β-unsaturated/α-hetero) is 1. The third kappa shape index (κ3) is 1.76. The predicted octanol–water partition coefficient (Wildman–Crippen LogP) is 2.07. The van der Waals surface area contributed by atoms with Crippen LogP contribution in [0.25, 0.3) is 0 Å². The fourth-order valence-corrected chi connectivity index (χ4v) is 3.81. The van der Waals surface area contributed by atoms with Gasteiger partial charge in [0.1, 0.15) is 0 Å². The van der Waals surface area contributed by atoms with Crippen LogP contribution in [0.2, 0.25) is 0 Å². The van der Waals surface area contributed by atoms with Gasteiger partial charge in [-0.05, 0) is 36.7 Å². The quantitative estimate of drug-likeness (QED) is 0.751. The van der Waals surface area contributed by atoms with E-state index in [1.165, 1.54) is 0 Å². The average molecular weight is 252 g/mol. The highest BCUT2D eigenvalue weighted by molar-refractivity contribution is 5.95. The van der Waals surface area contributed by atoms with Gasteiger partial charge in [-0.3, -0.25) is 4.79 Å². The molecule has 2 N–H and O–H groups in total. The molecule has 1 fully saturated rings. The Balaban J connectivity index is 2.44. The van der Waals surface area contributed by atoms with E-state index in [-0.39, 0.29) is 23.0 Å². The number of rotatable bonds is 1. The summed E-state index contributed by atoms with van der Waals surface area (Å²) in [7, 11) is 0. The van der Waals surface area contributed by atoms with Gasteiger partial charge in [-0.2, -0.15) is 0 Å². The third-order valence-electron chi connectivity index (χ3n) is 5.22. The van der Waals surface area contributed by atoms with Crippen molar-refractivity contribution in [3.8, 4) is 0 Å². The smallest absolute Gasteiger partial charge is 0.158 e. The number of allylic oxidation sites excluding steroid dienone is 2. The van der Waals surface area contributed by atoms with Crippen molar-refractivity contribution in [2.75, 3.05) is 0 Å². The number of carbonyl (C=O) groups excluding carboxylic acids is 1. The van der Waals surface area contributed by atoms with E-state index in [2.05, 4.69) is 6.92 Å². The van der Waals surface area contributed by atoms with Crippen LogP contribution in [0.4, 0.5) is 0 Å². The molecule has 102 valence electrons. The molecule has 0 saturated heterocycles. The van der Waals surface area contributed by atoms with Gasteiger partial charge in [0.15, 0.2) is 5.78 Å². The number of carbonyl (C=O) groups is 1. The summed E-state index contributed by atoms with van der Waals surface area (Å²) >= 11 is 0. The minimum Gasteiger partial charge on any atom is -0.390 e. The number of fused-ring (bicyclic) bond motifs is 1. The van der Waals surface area contributed by atoms with Crippen molar-refractivity contribution in [1.29, 1.82) is 0 Å². The molecular formula is C15H24O3. The first-order valence-electron chi connectivity index (χ1n) is 6.82. The van der Waals surface area contributed by atoms with E-state index in [1.807, 2.05) is 26.8 Å². The van der Waals surface area contributed by atoms with E-state index in [0.29, 0.717) is 12.8 Å². The minimum atomic E-state index is -1.14. The summed E-state index contributed by atoms with van der Waals surface area (Å²) in [5, 5.41) is 21.2. The maximum absolute atomic E-state index is 12.1. The van der Waals surface area contributed by atoms with Gasteiger partial charge >= 0.3 is 0 Å². The van der Waals surface area contributed by atoms with Crippen LogP contribution in [0.5, 0.6) is 0 Å². The predicted molar refractivity (Wildman–Crippen MR) is 70.0 cm³/mol. The molecule has 3 nitrogen and oxygen atoms in total. The van der Waals surface area contributed by atoms with Crippen molar-refractivity contribution in [3.63, 3.8) is 0 Å². The molecule has 0 aromatic heterocycles. The number of hydrogen-bond donors (Lipinski definition) is 2. The molecule has 3 heteroatoms. The van der Waals surface area contributed by atoms with Crippen molar-refractivity contribution >= 4 is 5.78 Å². The molecular weight excluding hydrogens is 228 g/mol. The molecule has 0 heterocycles. The summed E-state index contributed by atoms with van der Waals surface area (Å²) in [4.78, 5) is 12.1. The Hall–Kier alpha value is -0.670. The Labute approximate surface area is 109 Å². The zero-order chi connectivity index (χ0) is 13.7. The van der Waals surface area contributed by atoms with Crippen LogP contribution >= 0.6 is 0 Å². The van der Waals surface area contributed by atoms with Crippen molar-refractivity contribution in [2.45, 2.75) is 58.7 Å². The lowest BCUT2D eigenvalue weighted by atomic mass is 9.69. The number of hydrogen-bond acceptors (Lipinski definition) is 3. The Morgan fingerprint density at radius 1 is 1.44 bits per heavy atom. The highest BCUT2D eigenvalue weighted by atomic mass is 16.3. The summed E-state index contributed by atoms with van der Waals surface area (Å²) in [6.07, 6.45) is 2.93. The summed E-state index contributed by atoms with van der Waals surface area (Å²) in [5.41, 5.74) is -0.513. The van der Waals surface area contributed by atoms with Crippen molar-refractivity contribution in [1.82, 2.24) is 0 Å². The summed E-state index contributed by atoms with van der Waals surface area (Å²) < 4.78 is 0. The van der Waals surface area contributed by atoms with Crippen LogP contribution < -0.4 is 0 Å². The number of ketones is 1. The van der Waals surface area contributed by atoms with Crippen molar-refractivity contribution in [2.24, 2.45) is 17.3 Å². The second-order valence-corrected chi connectivity index (χ2v) is 6.69. The average Bonchev–Trinajstić information content (AvgIpc) is 2.40. The van der Waals surface area contributed by atoms with Gasteiger partial charge in [0.05, 0.1) is 11.7 Å².